The van der Waals surface area contributed by atoms with Crippen molar-refractivity contribution in [1.29, 1.82) is 0 Å². The minimum absolute atomic E-state index is 0.0541. The molecule has 0 fully saturated rings. The Balaban J connectivity index is 1.84. The van der Waals surface area contributed by atoms with Gasteiger partial charge < -0.3 is 0 Å². The minimum Gasteiger partial charge on any atom is -0.288 e. The third-order valence-electron chi connectivity index (χ3n) is 4.70. The lowest BCUT2D eigenvalue weighted by Crippen LogP contribution is -2.03. The van der Waals surface area contributed by atoms with Crippen LogP contribution in [0.25, 0.3) is 27.7 Å². The standard InChI is InChI=1S/C23H15N3O/c27-23(17-9-2-1-3-10-17)20-19-12-6-7-15-26(19)25-22(20)21-18-11-5-4-8-16(18)13-14-24-21/h1-15H. The zero-order valence-corrected chi connectivity index (χ0v) is 14.4. The van der Waals surface area contributed by atoms with Crippen LogP contribution < -0.4 is 0 Å². The largest absolute Gasteiger partial charge is 0.288 e. The molecule has 0 unspecified atom stereocenters. The van der Waals surface area contributed by atoms with Crippen molar-refractivity contribution in [3.05, 3.63) is 102 Å². The van der Waals surface area contributed by atoms with E-state index >= 15 is 0 Å². The van der Waals surface area contributed by atoms with Crippen LogP contribution in [0.15, 0.2) is 91.3 Å². The minimum atomic E-state index is -0.0541. The van der Waals surface area contributed by atoms with Gasteiger partial charge >= 0.3 is 0 Å². The molecule has 0 aliphatic carbocycles. The van der Waals surface area contributed by atoms with Crippen LogP contribution in [-0.2, 0) is 0 Å². The molecule has 0 aliphatic heterocycles. The molecule has 3 aromatic heterocycles. The first-order valence-electron chi connectivity index (χ1n) is 8.74. The molecular weight excluding hydrogens is 334 g/mol. The summed E-state index contributed by atoms with van der Waals surface area (Å²) >= 11 is 0. The first-order chi connectivity index (χ1) is 13.3. The van der Waals surface area contributed by atoms with E-state index in [4.69, 9.17) is 5.10 Å². The van der Waals surface area contributed by atoms with Gasteiger partial charge in [0.15, 0.2) is 5.78 Å². The summed E-state index contributed by atoms with van der Waals surface area (Å²) in [6, 6.07) is 25.0. The number of carbonyl (C=O) groups is 1. The normalized spacial score (nSPS) is 11.1. The van der Waals surface area contributed by atoms with E-state index in [1.165, 1.54) is 0 Å². The Kier molecular flexibility index (Phi) is 3.54. The van der Waals surface area contributed by atoms with E-state index in [0.29, 0.717) is 16.8 Å². The lowest BCUT2D eigenvalue weighted by Gasteiger charge is -2.06. The molecule has 27 heavy (non-hydrogen) atoms. The predicted molar refractivity (Wildman–Crippen MR) is 106 cm³/mol. The van der Waals surface area contributed by atoms with Crippen LogP contribution in [0.4, 0.5) is 0 Å². The average Bonchev–Trinajstić information content (AvgIpc) is 3.13. The van der Waals surface area contributed by atoms with Crippen molar-refractivity contribution in [2.75, 3.05) is 0 Å². The van der Waals surface area contributed by atoms with Crippen LogP contribution in [0.5, 0.6) is 0 Å². The molecule has 0 amide bonds. The highest BCUT2D eigenvalue weighted by Crippen LogP contribution is 2.31. The average molecular weight is 349 g/mol. The summed E-state index contributed by atoms with van der Waals surface area (Å²) < 4.78 is 1.74. The molecule has 4 heteroatoms. The molecule has 0 aliphatic rings. The van der Waals surface area contributed by atoms with Crippen molar-refractivity contribution >= 4 is 22.1 Å². The molecule has 128 valence electrons. The Morgan fingerprint density at radius 1 is 0.778 bits per heavy atom. The molecule has 0 saturated carbocycles. The van der Waals surface area contributed by atoms with Gasteiger partial charge in [-0.15, -0.1) is 0 Å². The summed E-state index contributed by atoms with van der Waals surface area (Å²) in [5, 5.41) is 6.76. The fraction of sp³-hybridized carbons (Fsp3) is 0. The van der Waals surface area contributed by atoms with Crippen molar-refractivity contribution in [3.8, 4) is 11.4 Å². The zero-order valence-electron chi connectivity index (χ0n) is 14.4. The number of rotatable bonds is 3. The summed E-state index contributed by atoms with van der Waals surface area (Å²) in [6.45, 7) is 0. The number of carbonyl (C=O) groups excluding carboxylic acids is 1. The predicted octanol–water partition coefficient (Wildman–Crippen LogP) is 4.78. The van der Waals surface area contributed by atoms with Crippen molar-refractivity contribution in [2.24, 2.45) is 0 Å². The fourth-order valence-electron chi connectivity index (χ4n) is 3.43. The maximum atomic E-state index is 13.4. The second kappa shape index (κ2) is 6.18. The van der Waals surface area contributed by atoms with E-state index in [-0.39, 0.29) is 5.78 Å². The quantitative estimate of drug-likeness (QED) is 0.440. The molecule has 4 nitrogen and oxygen atoms in total. The Bertz CT molecular complexity index is 1280. The van der Waals surface area contributed by atoms with Crippen LogP contribution in [0.2, 0.25) is 0 Å². The van der Waals surface area contributed by atoms with Gasteiger partial charge in [0, 0.05) is 23.3 Å². The number of hydrogen-bond acceptors (Lipinski definition) is 3. The molecule has 0 saturated heterocycles. The van der Waals surface area contributed by atoms with Crippen LogP contribution in [0.3, 0.4) is 0 Å². The van der Waals surface area contributed by atoms with Gasteiger partial charge in [-0.2, -0.15) is 5.10 Å². The molecule has 0 atom stereocenters. The maximum Gasteiger partial charge on any atom is 0.197 e. The molecule has 5 rings (SSSR count). The second-order valence-electron chi connectivity index (χ2n) is 6.33. The van der Waals surface area contributed by atoms with Crippen molar-refractivity contribution in [1.82, 2.24) is 14.6 Å². The van der Waals surface area contributed by atoms with Crippen LogP contribution in [0.1, 0.15) is 15.9 Å². The lowest BCUT2D eigenvalue weighted by atomic mass is 9.98. The molecule has 0 bridgehead atoms. The number of pyridine rings is 2. The van der Waals surface area contributed by atoms with Crippen LogP contribution in [0, 0.1) is 0 Å². The first-order valence-corrected chi connectivity index (χ1v) is 8.74. The maximum absolute atomic E-state index is 13.4. The summed E-state index contributed by atoms with van der Waals surface area (Å²) in [5.41, 5.74) is 3.31. The van der Waals surface area contributed by atoms with E-state index in [1.807, 2.05) is 85.1 Å². The highest BCUT2D eigenvalue weighted by molar-refractivity contribution is 6.17. The van der Waals surface area contributed by atoms with Gasteiger partial charge in [-0.05, 0) is 23.6 Å². The summed E-state index contributed by atoms with van der Waals surface area (Å²) in [7, 11) is 0. The van der Waals surface area contributed by atoms with Crippen molar-refractivity contribution in [2.45, 2.75) is 0 Å². The third kappa shape index (κ3) is 2.50. The van der Waals surface area contributed by atoms with Gasteiger partial charge in [-0.25, -0.2) is 4.52 Å². The van der Waals surface area contributed by atoms with Gasteiger partial charge in [-0.1, -0.05) is 60.7 Å². The summed E-state index contributed by atoms with van der Waals surface area (Å²) in [4.78, 5) is 18.0. The van der Waals surface area contributed by atoms with E-state index < -0.39 is 0 Å². The Labute approximate surface area is 155 Å². The van der Waals surface area contributed by atoms with Crippen molar-refractivity contribution in [3.63, 3.8) is 0 Å². The number of benzene rings is 2. The molecule has 2 aromatic carbocycles. The van der Waals surface area contributed by atoms with E-state index in [9.17, 15) is 4.79 Å². The van der Waals surface area contributed by atoms with Gasteiger partial charge in [0.2, 0.25) is 0 Å². The number of ketones is 1. The summed E-state index contributed by atoms with van der Waals surface area (Å²) in [5.74, 6) is -0.0541. The molecule has 3 heterocycles. The van der Waals surface area contributed by atoms with Crippen LogP contribution in [-0.4, -0.2) is 20.4 Å². The number of fused-ring (bicyclic) bond motifs is 2. The Morgan fingerprint density at radius 3 is 2.44 bits per heavy atom. The zero-order chi connectivity index (χ0) is 18.2. The van der Waals surface area contributed by atoms with E-state index in [1.54, 1.807) is 10.7 Å². The molecule has 0 N–H and O–H groups in total. The van der Waals surface area contributed by atoms with E-state index in [2.05, 4.69) is 4.98 Å². The van der Waals surface area contributed by atoms with Gasteiger partial charge in [-0.3, -0.25) is 9.78 Å². The number of aromatic nitrogens is 3. The van der Waals surface area contributed by atoms with Crippen LogP contribution >= 0.6 is 0 Å². The molecule has 0 spiro atoms. The van der Waals surface area contributed by atoms with Crippen molar-refractivity contribution < 1.29 is 4.79 Å². The monoisotopic (exact) mass is 349 g/mol. The van der Waals surface area contributed by atoms with E-state index in [0.717, 1.165) is 22.0 Å². The Morgan fingerprint density at radius 2 is 1.56 bits per heavy atom. The summed E-state index contributed by atoms with van der Waals surface area (Å²) in [6.07, 6.45) is 3.62. The highest BCUT2D eigenvalue weighted by atomic mass is 16.1. The third-order valence-corrected chi connectivity index (χ3v) is 4.70. The van der Waals surface area contributed by atoms with Gasteiger partial charge in [0.25, 0.3) is 0 Å². The number of hydrogen-bond donors (Lipinski definition) is 0. The first kappa shape index (κ1) is 15.5. The smallest absolute Gasteiger partial charge is 0.197 e. The SMILES string of the molecule is O=C(c1ccccc1)c1c(-c2nccc3ccccc23)nn2ccccc12. The lowest BCUT2D eigenvalue weighted by molar-refractivity contribution is 0.104. The molecule has 0 radical (unpaired) electrons. The van der Waals surface area contributed by atoms with Gasteiger partial charge in [0.1, 0.15) is 5.69 Å². The topological polar surface area (TPSA) is 47.3 Å². The second-order valence-corrected chi connectivity index (χ2v) is 6.33. The Hall–Kier alpha value is -3.79. The fourth-order valence-corrected chi connectivity index (χ4v) is 3.43. The van der Waals surface area contributed by atoms with Gasteiger partial charge in [0.05, 0.1) is 16.8 Å². The number of nitrogens with zero attached hydrogens (tertiary/aromatic N) is 3. The highest BCUT2D eigenvalue weighted by Gasteiger charge is 2.23. The molecular formula is C23H15N3O. The molecule has 5 aromatic rings.